The van der Waals surface area contributed by atoms with Gasteiger partial charge in [-0.2, -0.15) is 0 Å². The summed E-state index contributed by atoms with van der Waals surface area (Å²) in [6.45, 7) is 4.63. The van der Waals surface area contributed by atoms with E-state index in [1.165, 1.54) is 116 Å². The summed E-state index contributed by atoms with van der Waals surface area (Å²) >= 11 is 0. The van der Waals surface area contributed by atoms with Crippen LogP contribution in [0.4, 0.5) is 0 Å². The number of aliphatic carboxylic acids is 1. The number of nitrogens with zero attached hydrogens (tertiary/aromatic N) is 1. The number of hydrogen-bond acceptors (Lipinski definition) is 6. The molecule has 0 aromatic rings. The standard InChI is InChI=1S/C60H105NO7/c1-6-8-10-12-14-16-18-20-22-24-26-28-29-31-32-34-36-38-40-42-44-46-48-50-58(62)67-55-56(54-66-53-52-57(60(64)65)61(3,4)5)68-59(63)51-49-47-45-43-41-39-37-35-33-30-27-25-23-21-19-17-15-13-11-9-7-2/h8,10,14,16,20,22,26,28,31-32,36,38,56-57H,6-7,9,11-13,15,17-19,21,23-25,27,29-30,33-35,37,39-55H2,1-5H3/p+1/b10-8+,16-14+,22-20+,28-26+,32-31+,38-36+. The smallest absolute Gasteiger partial charge is 0.362 e. The second-order valence-corrected chi connectivity index (χ2v) is 19.8. The van der Waals surface area contributed by atoms with E-state index in [-0.39, 0.29) is 36.2 Å². The van der Waals surface area contributed by atoms with Gasteiger partial charge in [-0.15, -0.1) is 0 Å². The molecule has 0 radical (unpaired) electrons. The van der Waals surface area contributed by atoms with Crippen molar-refractivity contribution in [1.82, 2.24) is 0 Å². The Morgan fingerprint density at radius 2 is 0.824 bits per heavy atom. The Morgan fingerprint density at radius 3 is 1.22 bits per heavy atom. The number of carbonyl (C=O) groups excluding carboxylic acids is 2. The summed E-state index contributed by atoms with van der Waals surface area (Å²) in [5.74, 6) is -1.49. The summed E-state index contributed by atoms with van der Waals surface area (Å²) in [6, 6.07) is -0.622. The molecular formula is C60H106NO7+. The molecule has 392 valence electrons. The first-order valence-electron chi connectivity index (χ1n) is 28.0. The summed E-state index contributed by atoms with van der Waals surface area (Å²) < 4.78 is 17.4. The van der Waals surface area contributed by atoms with Gasteiger partial charge in [-0.1, -0.05) is 228 Å². The number of quaternary nitrogens is 1. The minimum atomic E-state index is -0.878. The van der Waals surface area contributed by atoms with Crippen molar-refractivity contribution in [3.8, 4) is 0 Å². The second-order valence-electron chi connectivity index (χ2n) is 19.8. The van der Waals surface area contributed by atoms with Crippen LogP contribution >= 0.6 is 0 Å². The van der Waals surface area contributed by atoms with Crippen molar-refractivity contribution in [2.45, 2.75) is 251 Å². The zero-order valence-corrected chi connectivity index (χ0v) is 44.8. The predicted octanol–water partition coefficient (Wildman–Crippen LogP) is 16.6. The molecule has 0 saturated heterocycles. The number of hydrogen-bond donors (Lipinski definition) is 1. The first-order chi connectivity index (χ1) is 33.1. The Morgan fingerprint density at radius 1 is 0.456 bits per heavy atom. The van der Waals surface area contributed by atoms with E-state index in [4.69, 9.17) is 14.2 Å². The maximum absolute atomic E-state index is 12.8. The number of carbonyl (C=O) groups is 3. The molecule has 0 bridgehead atoms. The number of rotatable bonds is 50. The fourth-order valence-electron chi connectivity index (χ4n) is 8.10. The van der Waals surface area contributed by atoms with E-state index < -0.39 is 18.1 Å². The molecule has 0 spiro atoms. The van der Waals surface area contributed by atoms with E-state index in [0.29, 0.717) is 19.3 Å². The quantitative estimate of drug-likeness (QED) is 0.0281. The Hall–Kier alpha value is -3.23. The van der Waals surface area contributed by atoms with Gasteiger partial charge < -0.3 is 23.8 Å². The first kappa shape index (κ1) is 64.8. The fraction of sp³-hybridized carbons (Fsp3) is 0.750. The number of carboxylic acids is 1. The van der Waals surface area contributed by atoms with Crippen molar-refractivity contribution < 1.29 is 38.2 Å². The van der Waals surface area contributed by atoms with Gasteiger partial charge in [0.1, 0.15) is 6.61 Å². The molecule has 0 aliphatic heterocycles. The van der Waals surface area contributed by atoms with Gasteiger partial charge in [0, 0.05) is 19.3 Å². The molecule has 0 heterocycles. The normalized spacial score (nSPS) is 13.4. The van der Waals surface area contributed by atoms with E-state index in [1.54, 1.807) is 0 Å². The molecule has 68 heavy (non-hydrogen) atoms. The Bertz CT molecular complexity index is 1340. The molecule has 0 aromatic heterocycles. The molecule has 0 aliphatic carbocycles. The third kappa shape index (κ3) is 47.8. The zero-order chi connectivity index (χ0) is 49.9. The highest BCUT2D eigenvalue weighted by atomic mass is 16.6. The molecular weight excluding hydrogens is 847 g/mol. The average molecular weight is 954 g/mol. The lowest BCUT2D eigenvalue weighted by molar-refractivity contribution is -0.887. The maximum Gasteiger partial charge on any atom is 0.362 e. The van der Waals surface area contributed by atoms with Gasteiger partial charge in [0.05, 0.1) is 34.4 Å². The highest BCUT2D eigenvalue weighted by Crippen LogP contribution is 2.16. The van der Waals surface area contributed by atoms with E-state index in [2.05, 4.69) is 86.8 Å². The summed E-state index contributed by atoms with van der Waals surface area (Å²) in [4.78, 5) is 37.3. The lowest BCUT2D eigenvalue weighted by Crippen LogP contribution is -2.50. The molecule has 2 unspecified atom stereocenters. The van der Waals surface area contributed by atoms with E-state index >= 15 is 0 Å². The summed E-state index contributed by atoms with van der Waals surface area (Å²) in [6.07, 6.45) is 65.3. The molecule has 0 aromatic carbocycles. The number of unbranched alkanes of at least 4 members (excludes halogenated alkanes) is 24. The lowest BCUT2D eigenvalue weighted by atomic mass is 10.0. The molecule has 0 amide bonds. The van der Waals surface area contributed by atoms with Gasteiger partial charge in [-0.05, 0) is 64.2 Å². The van der Waals surface area contributed by atoms with Crippen LogP contribution in [0, 0.1) is 0 Å². The molecule has 2 atom stereocenters. The SMILES string of the molecule is CC/C=C/C/C=C/C/C=C/C/C=C/C/C=C/C/C=C/CCCCCCC(=O)OCC(COCCC(C(=O)O)[N+](C)(C)C)OC(=O)CCCCCCCCCCCCCCCCCCCCCCC. The predicted molar refractivity (Wildman–Crippen MR) is 289 cm³/mol. The van der Waals surface area contributed by atoms with Gasteiger partial charge >= 0.3 is 17.9 Å². The van der Waals surface area contributed by atoms with Crippen LogP contribution < -0.4 is 0 Å². The highest BCUT2D eigenvalue weighted by Gasteiger charge is 2.31. The van der Waals surface area contributed by atoms with E-state index in [9.17, 15) is 19.5 Å². The van der Waals surface area contributed by atoms with Gasteiger partial charge in [0.2, 0.25) is 0 Å². The molecule has 8 heteroatoms. The van der Waals surface area contributed by atoms with E-state index in [1.807, 2.05) is 21.1 Å². The number of esters is 2. The van der Waals surface area contributed by atoms with E-state index in [0.717, 1.165) is 89.9 Å². The minimum absolute atomic E-state index is 0.0520. The average Bonchev–Trinajstić information content (AvgIpc) is 3.30. The minimum Gasteiger partial charge on any atom is -0.477 e. The van der Waals surface area contributed by atoms with Crippen molar-refractivity contribution >= 4 is 17.9 Å². The molecule has 1 N–H and O–H groups in total. The van der Waals surface area contributed by atoms with Crippen LogP contribution in [0.25, 0.3) is 0 Å². The third-order valence-corrected chi connectivity index (χ3v) is 12.4. The molecule has 8 nitrogen and oxygen atoms in total. The van der Waals surface area contributed by atoms with Crippen molar-refractivity contribution in [2.75, 3.05) is 41.0 Å². The van der Waals surface area contributed by atoms with Crippen molar-refractivity contribution in [3.05, 3.63) is 72.9 Å². The Labute approximate surface area is 419 Å². The molecule has 0 rings (SSSR count). The summed E-state index contributed by atoms with van der Waals surface area (Å²) in [7, 11) is 5.53. The highest BCUT2D eigenvalue weighted by molar-refractivity contribution is 5.72. The van der Waals surface area contributed by atoms with Gasteiger partial charge in [-0.3, -0.25) is 9.59 Å². The second kappa shape index (κ2) is 50.2. The Balaban J connectivity index is 4.24. The number of ether oxygens (including phenoxy) is 3. The lowest BCUT2D eigenvalue weighted by Gasteiger charge is -2.31. The third-order valence-electron chi connectivity index (χ3n) is 12.4. The molecule has 0 saturated carbocycles. The molecule has 0 aliphatic rings. The van der Waals surface area contributed by atoms with Gasteiger partial charge in [0.15, 0.2) is 12.1 Å². The number of likely N-dealkylation sites (N-methyl/N-ethyl adjacent to an activating group) is 1. The van der Waals surface area contributed by atoms with Crippen molar-refractivity contribution in [1.29, 1.82) is 0 Å². The van der Waals surface area contributed by atoms with Crippen LogP contribution in [0.15, 0.2) is 72.9 Å². The van der Waals surface area contributed by atoms with Gasteiger partial charge in [0.25, 0.3) is 0 Å². The van der Waals surface area contributed by atoms with Crippen LogP contribution in [0.3, 0.4) is 0 Å². The van der Waals surface area contributed by atoms with Crippen LogP contribution in [-0.2, 0) is 28.6 Å². The maximum atomic E-state index is 12.8. The van der Waals surface area contributed by atoms with Crippen LogP contribution in [-0.4, -0.2) is 80.6 Å². The van der Waals surface area contributed by atoms with Crippen LogP contribution in [0.1, 0.15) is 239 Å². The summed E-state index contributed by atoms with van der Waals surface area (Å²) in [5, 5.41) is 9.67. The Kier molecular flexibility index (Phi) is 47.8. The topological polar surface area (TPSA) is 99.1 Å². The fourth-order valence-corrected chi connectivity index (χ4v) is 8.10. The zero-order valence-electron chi connectivity index (χ0n) is 44.8. The van der Waals surface area contributed by atoms with Crippen molar-refractivity contribution in [3.63, 3.8) is 0 Å². The molecule has 0 fully saturated rings. The summed E-state index contributed by atoms with van der Waals surface area (Å²) in [5.41, 5.74) is 0. The largest absolute Gasteiger partial charge is 0.477 e. The number of allylic oxidation sites excluding steroid dienone is 12. The van der Waals surface area contributed by atoms with Gasteiger partial charge in [-0.25, -0.2) is 4.79 Å². The van der Waals surface area contributed by atoms with Crippen LogP contribution in [0.5, 0.6) is 0 Å². The number of carboxylic acid groups (broad SMARTS) is 1. The first-order valence-corrected chi connectivity index (χ1v) is 28.0. The van der Waals surface area contributed by atoms with Crippen molar-refractivity contribution in [2.24, 2.45) is 0 Å². The van der Waals surface area contributed by atoms with Crippen LogP contribution in [0.2, 0.25) is 0 Å². The monoisotopic (exact) mass is 953 g/mol.